The number of hydrogen-bond donors (Lipinski definition) is 3. The second kappa shape index (κ2) is 12.5. The van der Waals surface area contributed by atoms with Crippen molar-refractivity contribution >= 4 is 48.1 Å². The Bertz CT molecular complexity index is 585. The Labute approximate surface area is 174 Å². The molecule has 0 saturated carbocycles. The van der Waals surface area contributed by atoms with Crippen LogP contribution >= 0.6 is 36.4 Å². The lowest BCUT2D eigenvalue weighted by molar-refractivity contribution is -0.137. The van der Waals surface area contributed by atoms with Gasteiger partial charge < -0.3 is 16.0 Å². The van der Waals surface area contributed by atoms with Crippen LogP contribution in [0.5, 0.6) is 0 Å². The van der Waals surface area contributed by atoms with Crippen LogP contribution in [0, 0.1) is 5.92 Å². The molecule has 0 aromatic carbocycles. The van der Waals surface area contributed by atoms with Gasteiger partial charge in [0, 0.05) is 25.7 Å². The molecular formula is C16H24Cl3F3N4O. The minimum Gasteiger partial charge on any atom is -0.368 e. The number of anilines is 1. The van der Waals surface area contributed by atoms with Gasteiger partial charge in [0.05, 0.1) is 10.6 Å². The SMILES string of the molecule is Cl.Cl.O=C(CCNc1ncc(C(F)(F)F)cc1Cl)NCCC1CCCNC1. The van der Waals surface area contributed by atoms with E-state index in [1.807, 2.05) is 0 Å². The molecule has 1 amide bonds. The second-order valence-electron chi connectivity index (χ2n) is 6.08. The third kappa shape index (κ3) is 9.19. The minimum atomic E-state index is -4.48. The minimum absolute atomic E-state index is 0. The summed E-state index contributed by atoms with van der Waals surface area (Å²) in [7, 11) is 0. The van der Waals surface area contributed by atoms with E-state index in [2.05, 4.69) is 20.9 Å². The van der Waals surface area contributed by atoms with E-state index in [1.54, 1.807) is 0 Å². The molecule has 1 aromatic rings. The van der Waals surface area contributed by atoms with Crippen molar-refractivity contribution in [1.82, 2.24) is 15.6 Å². The molecule has 1 fully saturated rings. The van der Waals surface area contributed by atoms with Crippen molar-refractivity contribution in [1.29, 1.82) is 0 Å². The van der Waals surface area contributed by atoms with Crippen LogP contribution in [0.15, 0.2) is 12.3 Å². The lowest BCUT2D eigenvalue weighted by atomic mass is 9.96. The number of nitrogens with one attached hydrogen (secondary N) is 3. The number of carbonyl (C=O) groups excluding carboxylic acids is 1. The monoisotopic (exact) mass is 450 g/mol. The highest BCUT2D eigenvalue weighted by Gasteiger charge is 2.31. The molecular weight excluding hydrogens is 428 g/mol. The number of piperidine rings is 1. The first-order valence-corrected chi connectivity index (χ1v) is 8.68. The molecule has 3 N–H and O–H groups in total. The van der Waals surface area contributed by atoms with Crippen molar-refractivity contribution in [2.24, 2.45) is 5.92 Å². The molecule has 2 rings (SSSR count). The second-order valence-corrected chi connectivity index (χ2v) is 6.49. The van der Waals surface area contributed by atoms with Gasteiger partial charge in [0.2, 0.25) is 5.91 Å². The maximum absolute atomic E-state index is 12.5. The Balaban J connectivity index is 0.00000338. The molecule has 27 heavy (non-hydrogen) atoms. The van der Waals surface area contributed by atoms with Gasteiger partial charge >= 0.3 is 6.18 Å². The van der Waals surface area contributed by atoms with E-state index >= 15 is 0 Å². The Morgan fingerprint density at radius 1 is 1.33 bits per heavy atom. The topological polar surface area (TPSA) is 66.0 Å². The summed E-state index contributed by atoms with van der Waals surface area (Å²) in [6, 6.07) is 0.815. The molecule has 0 radical (unpaired) electrons. The van der Waals surface area contributed by atoms with Crippen molar-refractivity contribution in [2.45, 2.75) is 31.9 Å². The molecule has 5 nitrogen and oxygen atoms in total. The average molecular weight is 452 g/mol. The zero-order chi connectivity index (χ0) is 18.3. The fourth-order valence-electron chi connectivity index (χ4n) is 2.69. The number of aromatic nitrogens is 1. The zero-order valence-electron chi connectivity index (χ0n) is 14.6. The van der Waals surface area contributed by atoms with Crippen LogP contribution in [-0.2, 0) is 11.0 Å². The Morgan fingerprint density at radius 3 is 2.67 bits per heavy atom. The molecule has 1 saturated heterocycles. The summed E-state index contributed by atoms with van der Waals surface area (Å²) in [5, 5.41) is 8.84. The number of rotatable bonds is 7. The zero-order valence-corrected chi connectivity index (χ0v) is 17.0. The van der Waals surface area contributed by atoms with Crippen molar-refractivity contribution in [3.8, 4) is 0 Å². The summed E-state index contributed by atoms with van der Waals surface area (Å²) in [5.74, 6) is 0.623. The van der Waals surface area contributed by atoms with Gasteiger partial charge in [-0.3, -0.25) is 4.79 Å². The number of nitrogens with zero attached hydrogens (tertiary/aromatic N) is 1. The van der Waals surface area contributed by atoms with Crippen molar-refractivity contribution in [3.05, 3.63) is 22.8 Å². The molecule has 1 aromatic heterocycles. The van der Waals surface area contributed by atoms with Gasteiger partial charge in [-0.15, -0.1) is 24.8 Å². The van der Waals surface area contributed by atoms with Crippen LogP contribution < -0.4 is 16.0 Å². The Kier molecular flexibility index (Phi) is 12.0. The third-order valence-electron chi connectivity index (χ3n) is 4.09. The lowest BCUT2D eigenvalue weighted by Crippen LogP contribution is -2.33. The van der Waals surface area contributed by atoms with E-state index in [0.717, 1.165) is 25.6 Å². The lowest BCUT2D eigenvalue weighted by Gasteiger charge is -2.22. The molecule has 2 heterocycles. The first-order chi connectivity index (χ1) is 11.9. The predicted octanol–water partition coefficient (Wildman–Crippen LogP) is 3.91. The van der Waals surface area contributed by atoms with Gasteiger partial charge in [0.25, 0.3) is 0 Å². The van der Waals surface area contributed by atoms with Crippen LogP contribution in [0.3, 0.4) is 0 Å². The standard InChI is InChI=1S/C16H22ClF3N4O.2ClH/c17-13-8-12(16(18,19)20)10-24-15(13)23-7-4-14(25)22-6-3-11-2-1-5-21-9-11;;/h8,10-11,21H,1-7,9H2,(H,22,25)(H,23,24);2*1H. The molecule has 11 heteroatoms. The molecule has 1 unspecified atom stereocenters. The first-order valence-electron chi connectivity index (χ1n) is 8.30. The summed E-state index contributed by atoms with van der Waals surface area (Å²) >= 11 is 5.79. The normalized spacial score (nSPS) is 16.7. The summed E-state index contributed by atoms with van der Waals surface area (Å²) in [6.45, 7) is 2.93. The van der Waals surface area contributed by atoms with Crippen LogP contribution in [-0.4, -0.2) is 37.1 Å². The largest absolute Gasteiger partial charge is 0.417 e. The maximum Gasteiger partial charge on any atom is 0.417 e. The fourth-order valence-corrected chi connectivity index (χ4v) is 2.93. The van der Waals surface area contributed by atoms with E-state index in [-0.39, 0.29) is 54.5 Å². The van der Waals surface area contributed by atoms with E-state index in [9.17, 15) is 18.0 Å². The van der Waals surface area contributed by atoms with Crippen LogP contribution in [0.1, 0.15) is 31.2 Å². The molecule has 156 valence electrons. The van der Waals surface area contributed by atoms with Gasteiger partial charge in [-0.05, 0) is 44.3 Å². The highest BCUT2D eigenvalue weighted by Crippen LogP contribution is 2.32. The molecule has 0 bridgehead atoms. The van der Waals surface area contributed by atoms with E-state index in [4.69, 9.17) is 11.6 Å². The highest BCUT2D eigenvalue weighted by atomic mass is 35.5. The summed E-state index contributed by atoms with van der Waals surface area (Å²) in [6.07, 6.45) is -0.276. The number of hydrogen-bond acceptors (Lipinski definition) is 4. The van der Waals surface area contributed by atoms with E-state index in [1.165, 1.54) is 12.8 Å². The molecule has 1 aliphatic heterocycles. The van der Waals surface area contributed by atoms with E-state index in [0.29, 0.717) is 18.7 Å². The van der Waals surface area contributed by atoms with Gasteiger partial charge in [0.15, 0.2) is 0 Å². The van der Waals surface area contributed by atoms with Crippen LogP contribution in [0.4, 0.5) is 19.0 Å². The Hall–Kier alpha value is -0.960. The quantitative estimate of drug-likeness (QED) is 0.588. The number of halogens is 6. The molecule has 0 spiro atoms. The summed E-state index contributed by atoms with van der Waals surface area (Å²) in [4.78, 5) is 15.4. The van der Waals surface area contributed by atoms with Crippen LogP contribution in [0.2, 0.25) is 5.02 Å². The van der Waals surface area contributed by atoms with E-state index < -0.39 is 11.7 Å². The number of alkyl halides is 3. The average Bonchev–Trinajstić information content (AvgIpc) is 2.56. The Morgan fingerprint density at radius 2 is 2.07 bits per heavy atom. The smallest absolute Gasteiger partial charge is 0.368 e. The first kappa shape index (κ1) is 26.0. The number of amides is 1. The van der Waals surface area contributed by atoms with Crippen molar-refractivity contribution < 1.29 is 18.0 Å². The summed E-state index contributed by atoms with van der Waals surface area (Å²) in [5.41, 5.74) is -0.905. The maximum atomic E-state index is 12.5. The van der Waals surface area contributed by atoms with Gasteiger partial charge in [-0.25, -0.2) is 4.98 Å². The molecule has 0 aliphatic carbocycles. The van der Waals surface area contributed by atoms with Crippen molar-refractivity contribution in [2.75, 3.05) is 31.5 Å². The van der Waals surface area contributed by atoms with Gasteiger partial charge in [-0.1, -0.05) is 11.6 Å². The predicted molar refractivity (Wildman–Crippen MR) is 105 cm³/mol. The highest BCUT2D eigenvalue weighted by molar-refractivity contribution is 6.32. The number of pyridine rings is 1. The third-order valence-corrected chi connectivity index (χ3v) is 4.37. The molecule has 1 atom stereocenters. The number of carbonyl (C=O) groups is 1. The van der Waals surface area contributed by atoms with Crippen LogP contribution in [0.25, 0.3) is 0 Å². The van der Waals surface area contributed by atoms with Gasteiger partial charge in [0.1, 0.15) is 5.82 Å². The van der Waals surface area contributed by atoms with Crippen molar-refractivity contribution in [3.63, 3.8) is 0 Å². The summed E-state index contributed by atoms with van der Waals surface area (Å²) < 4.78 is 37.6. The fraction of sp³-hybridized carbons (Fsp3) is 0.625. The van der Waals surface area contributed by atoms with Gasteiger partial charge in [-0.2, -0.15) is 13.2 Å². The molecule has 1 aliphatic rings.